The molecule has 116 valence electrons. The third-order valence-electron chi connectivity index (χ3n) is 4.13. The van der Waals surface area contributed by atoms with Gasteiger partial charge in [-0.3, -0.25) is 0 Å². The number of rotatable bonds is 3. The van der Waals surface area contributed by atoms with Crippen molar-refractivity contribution < 1.29 is 0 Å². The number of benzene rings is 3. The van der Waals surface area contributed by atoms with E-state index in [2.05, 4.69) is 73.7 Å². The second-order valence-corrected chi connectivity index (χ2v) is 5.89. The summed E-state index contributed by atoms with van der Waals surface area (Å²) in [7, 11) is 0. The first-order valence-electron chi connectivity index (χ1n) is 8.09. The Morgan fingerprint density at radius 3 is 1.96 bits per heavy atom. The Morgan fingerprint density at radius 2 is 1.29 bits per heavy atom. The van der Waals surface area contributed by atoms with Gasteiger partial charge < -0.3 is 0 Å². The lowest BCUT2D eigenvalue weighted by Gasteiger charge is -2.07. The van der Waals surface area contributed by atoms with Crippen molar-refractivity contribution in [2.24, 2.45) is 0 Å². The molecule has 0 atom stereocenters. The minimum absolute atomic E-state index is 0.984. The van der Waals surface area contributed by atoms with Crippen LogP contribution in [-0.2, 0) is 0 Å². The van der Waals surface area contributed by atoms with E-state index >= 15 is 0 Å². The SMILES string of the molecule is Cc1ccc(-c2cc(-c3ccccc3)n(-c3ccccc3)n2)cc1. The molecule has 0 fully saturated rings. The largest absolute Gasteiger partial charge is 0.232 e. The first kappa shape index (κ1) is 14.5. The standard InChI is InChI=1S/C22H18N2/c1-17-12-14-18(15-13-17)21-16-22(19-8-4-2-5-9-19)24(23-21)20-10-6-3-7-11-20/h2-16H,1H3. The summed E-state index contributed by atoms with van der Waals surface area (Å²) in [5.74, 6) is 0. The van der Waals surface area contributed by atoms with Crippen molar-refractivity contribution in [1.82, 2.24) is 9.78 Å². The highest BCUT2D eigenvalue weighted by atomic mass is 15.3. The molecule has 0 saturated carbocycles. The fourth-order valence-corrected chi connectivity index (χ4v) is 2.83. The van der Waals surface area contributed by atoms with Gasteiger partial charge in [0.25, 0.3) is 0 Å². The van der Waals surface area contributed by atoms with E-state index in [0.29, 0.717) is 0 Å². The topological polar surface area (TPSA) is 17.8 Å². The van der Waals surface area contributed by atoms with E-state index in [1.165, 1.54) is 5.56 Å². The van der Waals surface area contributed by atoms with Gasteiger partial charge in [0.1, 0.15) is 0 Å². The molecule has 0 N–H and O–H groups in total. The predicted octanol–water partition coefficient (Wildman–Crippen LogP) is 5.51. The van der Waals surface area contributed by atoms with Gasteiger partial charge in [0.05, 0.1) is 17.1 Å². The predicted molar refractivity (Wildman–Crippen MR) is 99.2 cm³/mol. The highest BCUT2D eigenvalue weighted by Gasteiger charge is 2.12. The fraction of sp³-hybridized carbons (Fsp3) is 0.0455. The number of nitrogens with zero attached hydrogens (tertiary/aromatic N) is 2. The zero-order chi connectivity index (χ0) is 16.4. The zero-order valence-corrected chi connectivity index (χ0v) is 13.6. The van der Waals surface area contributed by atoms with Gasteiger partial charge in [0.15, 0.2) is 0 Å². The van der Waals surface area contributed by atoms with Crippen molar-refractivity contribution in [1.29, 1.82) is 0 Å². The van der Waals surface area contributed by atoms with Crippen LogP contribution in [0.15, 0.2) is 91.0 Å². The molecule has 4 aromatic rings. The minimum atomic E-state index is 0.984. The maximum Gasteiger partial charge on any atom is 0.0934 e. The van der Waals surface area contributed by atoms with Gasteiger partial charge in [-0.1, -0.05) is 78.4 Å². The molecule has 2 nitrogen and oxygen atoms in total. The second kappa shape index (κ2) is 6.17. The Balaban J connectivity index is 1.89. The van der Waals surface area contributed by atoms with E-state index in [0.717, 1.165) is 28.2 Å². The van der Waals surface area contributed by atoms with E-state index in [1.807, 2.05) is 28.9 Å². The Kier molecular flexibility index (Phi) is 3.72. The number of hydrogen-bond donors (Lipinski definition) is 0. The molecule has 3 aromatic carbocycles. The lowest BCUT2D eigenvalue weighted by Crippen LogP contribution is -1.98. The van der Waals surface area contributed by atoms with E-state index in [-0.39, 0.29) is 0 Å². The molecule has 0 aliphatic rings. The molecule has 0 amide bonds. The fourth-order valence-electron chi connectivity index (χ4n) is 2.83. The lowest BCUT2D eigenvalue weighted by molar-refractivity contribution is 0.892. The number of para-hydroxylation sites is 1. The van der Waals surface area contributed by atoms with Gasteiger partial charge in [-0.15, -0.1) is 0 Å². The van der Waals surface area contributed by atoms with Crippen LogP contribution < -0.4 is 0 Å². The molecule has 2 heteroatoms. The van der Waals surface area contributed by atoms with Crippen molar-refractivity contribution >= 4 is 0 Å². The Bertz CT molecular complexity index is 879. The van der Waals surface area contributed by atoms with Crippen LogP contribution in [-0.4, -0.2) is 9.78 Å². The summed E-state index contributed by atoms with van der Waals surface area (Å²) >= 11 is 0. The normalized spacial score (nSPS) is 10.7. The van der Waals surface area contributed by atoms with Crippen LogP contribution in [0.2, 0.25) is 0 Å². The minimum Gasteiger partial charge on any atom is -0.232 e. The van der Waals surface area contributed by atoms with Gasteiger partial charge in [-0.2, -0.15) is 5.10 Å². The molecule has 24 heavy (non-hydrogen) atoms. The molecular weight excluding hydrogens is 292 g/mol. The summed E-state index contributed by atoms with van der Waals surface area (Å²) in [6, 6.07) is 31.3. The highest BCUT2D eigenvalue weighted by Crippen LogP contribution is 2.28. The van der Waals surface area contributed by atoms with Crippen LogP contribution in [0.25, 0.3) is 28.2 Å². The first-order chi connectivity index (χ1) is 11.8. The molecule has 0 aliphatic heterocycles. The summed E-state index contributed by atoms with van der Waals surface area (Å²) in [4.78, 5) is 0. The van der Waals surface area contributed by atoms with Crippen molar-refractivity contribution in [3.8, 4) is 28.2 Å². The first-order valence-corrected chi connectivity index (χ1v) is 8.09. The average Bonchev–Trinajstić information content (AvgIpc) is 3.09. The lowest BCUT2D eigenvalue weighted by atomic mass is 10.1. The summed E-state index contributed by atoms with van der Waals surface area (Å²) in [6.45, 7) is 2.10. The molecule has 1 aromatic heterocycles. The third-order valence-corrected chi connectivity index (χ3v) is 4.13. The number of aromatic nitrogens is 2. The quantitative estimate of drug-likeness (QED) is 0.487. The van der Waals surface area contributed by atoms with E-state index in [4.69, 9.17) is 5.10 Å². The second-order valence-electron chi connectivity index (χ2n) is 5.89. The molecular formula is C22H18N2. The van der Waals surface area contributed by atoms with Crippen LogP contribution in [0.1, 0.15) is 5.56 Å². The van der Waals surface area contributed by atoms with Crippen LogP contribution in [0.5, 0.6) is 0 Å². The van der Waals surface area contributed by atoms with Crippen LogP contribution >= 0.6 is 0 Å². The zero-order valence-electron chi connectivity index (χ0n) is 13.6. The maximum atomic E-state index is 4.87. The van der Waals surface area contributed by atoms with Gasteiger partial charge >= 0.3 is 0 Å². The number of aryl methyl sites for hydroxylation is 1. The van der Waals surface area contributed by atoms with Gasteiger partial charge in [0, 0.05) is 11.1 Å². The van der Waals surface area contributed by atoms with Crippen molar-refractivity contribution in [3.63, 3.8) is 0 Å². The van der Waals surface area contributed by atoms with Gasteiger partial charge in [0.2, 0.25) is 0 Å². The smallest absolute Gasteiger partial charge is 0.0934 e. The summed E-state index contributed by atoms with van der Waals surface area (Å²) < 4.78 is 2.02. The highest BCUT2D eigenvalue weighted by molar-refractivity contribution is 5.70. The summed E-state index contributed by atoms with van der Waals surface area (Å²) in [5, 5.41) is 4.87. The van der Waals surface area contributed by atoms with E-state index < -0.39 is 0 Å². The van der Waals surface area contributed by atoms with Crippen molar-refractivity contribution in [2.45, 2.75) is 6.92 Å². The number of hydrogen-bond acceptors (Lipinski definition) is 1. The monoisotopic (exact) mass is 310 g/mol. The Labute approximate surface area is 142 Å². The summed E-state index contributed by atoms with van der Waals surface area (Å²) in [5.41, 5.74) is 6.69. The van der Waals surface area contributed by atoms with Crippen LogP contribution in [0.4, 0.5) is 0 Å². The van der Waals surface area contributed by atoms with E-state index in [1.54, 1.807) is 0 Å². The summed E-state index contributed by atoms with van der Waals surface area (Å²) in [6.07, 6.45) is 0. The average molecular weight is 310 g/mol. The van der Waals surface area contributed by atoms with Crippen LogP contribution in [0, 0.1) is 6.92 Å². The molecule has 0 aliphatic carbocycles. The van der Waals surface area contributed by atoms with E-state index in [9.17, 15) is 0 Å². The van der Waals surface area contributed by atoms with Gasteiger partial charge in [-0.25, -0.2) is 4.68 Å². The molecule has 0 bridgehead atoms. The van der Waals surface area contributed by atoms with Crippen LogP contribution in [0.3, 0.4) is 0 Å². The molecule has 0 radical (unpaired) electrons. The maximum absolute atomic E-state index is 4.87. The van der Waals surface area contributed by atoms with Gasteiger partial charge in [-0.05, 0) is 25.1 Å². The molecule has 0 spiro atoms. The van der Waals surface area contributed by atoms with Crippen molar-refractivity contribution in [2.75, 3.05) is 0 Å². The third kappa shape index (κ3) is 2.74. The molecule has 0 unspecified atom stereocenters. The molecule has 0 saturated heterocycles. The Hall–Kier alpha value is -3.13. The van der Waals surface area contributed by atoms with Crippen molar-refractivity contribution in [3.05, 3.63) is 96.6 Å². The molecule has 1 heterocycles. The molecule has 4 rings (SSSR count). The Morgan fingerprint density at radius 1 is 0.667 bits per heavy atom.